The van der Waals surface area contributed by atoms with Gasteiger partial charge in [-0.3, -0.25) is 0 Å². The van der Waals surface area contributed by atoms with Crippen molar-refractivity contribution in [2.45, 2.75) is 13.3 Å². The van der Waals surface area contributed by atoms with Crippen molar-refractivity contribution in [2.24, 2.45) is 0 Å². The SMILES string of the molecule is C=C(C)C#CC#CCCCl. The van der Waals surface area contributed by atoms with Gasteiger partial charge >= 0.3 is 0 Å². The van der Waals surface area contributed by atoms with E-state index in [0.717, 1.165) is 5.57 Å². The van der Waals surface area contributed by atoms with Gasteiger partial charge in [0.25, 0.3) is 0 Å². The molecule has 0 unspecified atom stereocenters. The summed E-state index contributed by atoms with van der Waals surface area (Å²) >= 11 is 5.37. The van der Waals surface area contributed by atoms with E-state index in [2.05, 4.69) is 30.3 Å². The van der Waals surface area contributed by atoms with Crippen LogP contribution in [0.25, 0.3) is 0 Å². The van der Waals surface area contributed by atoms with Gasteiger partial charge in [-0.1, -0.05) is 18.4 Å². The van der Waals surface area contributed by atoms with Gasteiger partial charge in [-0.2, -0.15) is 0 Å². The molecule has 0 spiro atoms. The first-order valence-electron chi connectivity index (χ1n) is 2.97. The van der Waals surface area contributed by atoms with Crippen molar-refractivity contribution in [3.05, 3.63) is 12.2 Å². The number of rotatable bonds is 1. The van der Waals surface area contributed by atoms with Crippen LogP contribution in [0.4, 0.5) is 0 Å². The van der Waals surface area contributed by atoms with Gasteiger partial charge < -0.3 is 0 Å². The fraction of sp³-hybridized carbons (Fsp3) is 0.333. The minimum atomic E-state index is 0.571. The van der Waals surface area contributed by atoms with E-state index in [1.807, 2.05) is 6.92 Å². The summed E-state index contributed by atoms with van der Waals surface area (Å²) in [4.78, 5) is 0. The predicted octanol–water partition coefficient (Wildman–Crippen LogP) is 2.20. The van der Waals surface area contributed by atoms with E-state index in [-0.39, 0.29) is 0 Å². The van der Waals surface area contributed by atoms with Crippen molar-refractivity contribution < 1.29 is 0 Å². The van der Waals surface area contributed by atoms with E-state index in [0.29, 0.717) is 12.3 Å². The van der Waals surface area contributed by atoms with Gasteiger partial charge in [0.05, 0.1) is 0 Å². The molecule has 0 saturated carbocycles. The van der Waals surface area contributed by atoms with Crippen LogP contribution in [-0.4, -0.2) is 5.88 Å². The van der Waals surface area contributed by atoms with Gasteiger partial charge in [0.15, 0.2) is 0 Å². The molecular weight excluding hydrogens is 144 g/mol. The molecule has 1 heteroatoms. The van der Waals surface area contributed by atoms with Crippen LogP contribution in [-0.2, 0) is 0 Å². The first-order valence-corrected chi connectivity index (χ1v) is 3.51. The largest absolute Gasteiger partial charge is 0.126 e. The molecule has 0 aliphatic carbocycles. The Morgan fingerprint density at radius 3 is 2.70 bits per heavy atom. The summed E-state index contributed by atoms with van der Waals surface area (Å²) in [6, 6.07) is 0. The lowest BCUT2D eigenvalue weighted by molar-refractivity contribution is 1.29. The van der Waals surface area contributed by atoms with E-state index in [9.17, 15) is 0 Å². The Bertz CT molecular complexity index is 217. The Hall–Kier alpha value is -0.850. The lowest BCUT2D eigenvalue weighted by Crippen LogP contribution is -1.65. The molecule has 0 fully saturated rings. The number of alkyl halides is 1. The molecule has 0 aromatic rings. The summed E-state index contributed by atoms with van der Waals surface area (Å²) in [5.41, 5.74) is 0.833. The summed E-state index contributed by atoms with van der Waals surface area (Å²) in [6.45, 7) is 5.45. The van der Waals surface area contributed by atoms with Crippen molar-refractivity contribution in [2.75, 3.05) is 5.88 Å². The molecule has 0 radical (unpaired) electrons. The Balaban J connectivity index is 3.67. The van der Waals surface area contributed by atoms with Crippen molar-refractivity contribution in [3.63, 3.8) is 0 Å². The van der Waals surface area contributed by atoms with Crippen LogP contribution in [0.3, 0.4) is 0 Å². The van der Waals surface area contributed by atoms with Gasteiger partial charge in [-0.15, -0.1) is 11.6 Å². The first-order chi connectivity index (χ1) is 4.77. The predicted molar refractivity (Wildman–Crippen MR) is 45.7 cm³/mol. The molecule has 0 nitrogen and oxygen atoms in total. The van der Waals surface area contributed by atoms with Crippen LogP contribution in [0.5, 0.6) is 0 Å². The second-order valence-electron chi connectivity index (χ2n) is 1.77. The molecule has 0 aliphatic rings. The van der Waals surface area contributed by atoms with Crippen LogP contribution < -0.4 is 0 Å². The lowest BCUT2D eigenvalue weighted by Gasteiger charge is -1.72. The summed E-state index contributed by atoms with van der Waals surface area (Å²) in [6.07, 6.45) is 0.701. The maximum Gasteiger partial charge on any atom is 0.0333 e. The molecule has 0 aromatic carbocycles. The highest BCUT2D eigenvalue weighted by atomic mass is 35.5. The molecule has 0 aliphatic heterocycles. The molecule has 0 aromatic heterocycles. The third-order valence-corrected chi connectivity index (χ3v) is 0.835. The Morgan fingerprint density at radius 2 is 2.20 bits per heavy atom. The summed E-state index contributed by atoms with van der Waals surface area (Å²) in [5, 5.41) is 0. The highest BCUT2D eigenvalue weighted by Crippen LogP contribution is 1.80. The normalized spacial score (nSPS) is 6.60. The van der Waals surface area contributed by atoms with E-state index in [4.69, 9.17) is 11.6 Å². The Kier molecular flexibility index (Phi) is 5.74. The van der Waals surface area contributed by atoms with E-state index >= 15 is 0 Å². The Morgan fingerprint density at radius 1 is 1.50 bits per heavy atom. The number of hydrogen-bond donors (Lipinski definition) is 0. The van der Waals surface area contributed by atoms with E-state index < -0.39 is 0 Å². The average Bonchev–Trinajstić information content (AvgIpc) is 1.87. The van der Waals surface area contributed by atoms with Gasteiger partial charge in [-0.25, -0.2) is 0 Å². The number of halogens is 1. The van der Waals surface area contributed by atoms with Gasteiger partial charge in [0, 0.05) is 12.3 Å². The van der Waals surface area contributed by atoms with E-state index in [1.54, 1.807) is 0 Å². The quantitative estimate of drug-likeness (QED) is 0.399. The standard InChI is InChI=1S/C9H9Cl/c1-9(2)7-5-3-4-6-8-10/h1,6,8H2,2H3. The minimum absolute atomic E-state index is 0.571. The zero-order valence-corrected chi connectivity index (χ0v) is 6.76. The third kappa shape index (κ3) is 7.15. The van der Waals surface area contributed by atoms with Crippen molar-refractivity contribution in [3.8, 4) is 23.7 Å². The van der Waals surface area contributed by atoms with Crippen LogP contribution in [0.2, 0.25) is 0 Å². The monoisotopic (exact) mass is 152 g/mol. The average molecular weight is 153 g/mol. The Labute approximate surface area is 67.3 Å². The second-order valence-corrected chi connectivity index (χ2v) is 2.15. The topological polar surface area (TPSA) is 0 Å². The van der Waals surface area contributed by atoms with Crippen LogP contribution >= 0.6 is 11.6 Å². The molecule has 52 valence electrons. The van der Waals surface area contributed by atoms with Gasteiger partial charge in [-0.05, 0) is 24.3 Å². The van der Waals surface area contributed by atoms with Crippen molar-refractivity contribution >= 4 is 11.6 Å². The van der Waals surface area contributed by atoms with Crippen molar-refractivity contribution in [1.82, 2.24) is 0 Å². The molecule has 0 atom stereocenters. The maximum absolute atomic E-state index is 5.37. The van der Waals surface area contributed by atoms with Crippen LogP contribution in [0, 0.1) is 23.7 Å². The summed E-state index contributed by atoms with van der Waals surface area (Å²) in [5.74, 6) is 11.4. The zero-order chi connectivity index (χ0) is 7.82. The second kappa shape index (κ2) is 6.27. The molecule has 0 amide bonds. The summed E-state index contributed by atoms with van der Waals surface area (Å²) in [7, 11) is 0. The lowest BCUT2D eigenvalue weighted by atomic mass is 10.3. The summed E-state index contributed by atoms with van der Waals surface area (Å²) < 4.78 is 0. The number of hydrogen-bond acceptors (Lipinski definition) is 0. The van der Waals surface area contributed by atoms with Crippen LogP contribution in [0.1, 0.15) is 13.3 Å². The molecule has 0 heterocycles. The molecule has 0 bridgehead atoms. The first kappa shape index (κ1) is 9.15. The zero-order valence-electron chi connectivity index (χ0n) is 6.00. The fourth-order valence-electron chi connectivity index (χ4n) is 0.292. The van der Waals surface area contributed by atoms with Gasteiger partial charge in [0.2, 0.25) is 0 Å². The molecule has 10 heavy (non-hydrogen) atoms. The van der Waals surface area contributed by atoms with Gasteiger partial charge in [0.1, 0.15) is 0 Å². The molecular formula is C9H9Cl. The third-order valence-electron chi connectivity index (χ3n) is 0.646. The molecule has 0 saturated heterocycles. The number of allylic oxidation sites excluding steroid dienone is 1. The molecule has 0 rings (SSSR count). The highest BCUT2D eigenvalue weighted by molar-refractivity contribution is 6.18. The highest BCUT2D eigenvalue weighted by Gasteiger charge is 1.69. The smallest absolute Gasteiger partial charge is 0.0333 e. The fourth-order valence-corrected chi connectivity index (χ4v) is 0.386. The van der Waals surface area contributed by atoms with Crippen molar-refractivity contribution in [1.29, 1.82) is 0 Å². The van der Waals surface area contributed by atoms with E-state index in [1.165, 1.54) is 0 Å². The molecule has 0 N–H and O–H groups in total. The maximum atomic E-state index is 5.37. The minimum Gasteiger partial charge on any atom is -0.126 e. The van der Waals surface area contributed by atoms with Crippen LogP contribution in [0.15, 0.2) is 12.2 Å².